The van der Waals surface area contributed by atoms with Gasteiger partial charge in [0.25, 0.3) is 0 Å². The number of hydrogen-bond donors (Lipinski definition) is 1. The summed E-state index contributed by atoms with van der Waals surface area (Å²) < 4.78 is 22.1. The van der Waals surface area contributed by atoms with Gasteiger partial charge < -0.3 is 24.1 Å². The molecule has 132 valence electrons. The molecule has 24 heavy (non-hydrogen) atoms. The van der Waals surface area contributed by atoms with Crippen molar-refractivity contribution in [3.05, 3.63) is 35.9 Å². The van der Waals surface area contributed by atoms with E-state index in [0.29, 0.717) is 6.61 Å². The smallest absolute Gasteiger partial charge is 0.309 e. The predicted octanol–water partition coefficient (Wildman–Crippen LogP) is 1.79. The molecule has 2 saturated heterocycles. The standard InChI is InChI=1S/C18H24O6/c1-17(2,3)24-13(19)9-18(20)11-22-16(14-15(18)23-14)21-10-12-7-5-4-6-8-12/h4-8,14-16,20H,9-11H2,1-3H3/t14-,15+,16-,18-/m0/s1. The molecule has 1 aromatic carbocycles. The number of fused-ring (bicyclic) bond motifs is 1. The van der Waals surface area contributed by atoms with E-state index in [1.165, 1.54) is 0 Å². The topological polar surface area (TPSA) is 77.5 Å². The summed E-state index contributed by atoms with van der Waals surface area (Å²) in [5, 5.41) is 10.6. The lowest BCUT2D eigenvalue weighted by molar-refractivity contribution is -0.208. The fourth-order valence-corrected chi connectivity index (χ4v) is 2.84. The van der Waals surface area contributed by atoms with Crippen molar-refractivity contribution < 1.29 is 28.8 Å². The van der Waals surface area contributed by atoms with E-state index < -0.39 is 29.6 Å². The minimum absolute atomic E-state index is 0.0210. The van der Waals surface area contributed by atoms with Crippen LogP contribution in [-0.2, 0) is 30.3 Å². The van der Waals surface area contributed by atoms with Crippen molar-refractivity contribution in [2.75, 3.05) is 6.61 Å². The van der Waals surface area contributed by atoms with Gasteiger partial charge in [-0.2, -0.15) is 0 Å². The van der Waals surface area contributed by atoms with Crippen molar-refractivity contribution in [1.82, 2.24) is 0 Å². The Kier molecular flexibility index (Phi) is 4.66. The molecule has 0 unspecified atom stereocenters. The lowest BCUT2D eigenvalue weighted by Gasteiger charge is -2.32. The highest BCUT2D eigenvalue weighted by Crippen LogP contribution is 2.43. The average molecular weight is 336 g/mol. The molecule has 1 N–H and O–H groups in total. The Morgan fingerprint density at radius 2 is 2.04 bits per heavy atom. The van der Waals surface area contributed by atoms with E-state index in [-0.39, 0.29) is 19.1 Å². The molecule has 0 saturated carbocycles. The largest absolute Gasteiger partial charge is 0.460 e. The number of ether oxygens (including phenoxy) is 4. The fraction of sp³-hybridized carbons (Fsp3) is 0.611. The highest BCUT2D eigenvalue weighted by Gasteiger charge is 2.63. The number of epoxide rings is 1. The Bertz CT molecular complexity index is 581. The summed E-state index contributed by atoms with van der Waals surface area (Å²) in [7, 11) is 0. The molecular weight excluding hydrogens is 312 g/mol. The van der Waals surface area contributed by atoms with Crippen LogP contribution in [0.15, 0.2) is 30.3 Å². The van der Waals surface area contributed by atoms with Crippen molar-refractivity contribution in [2.24, 2.45) is 0 Å². The lowest BCUT2D eigenvalue weighted by atomic mass is 9.92. The van der Waals surface area contributed by atoms with E-state index in [1.54, 1.807) is 20.8 Å². The first-order chi connectivity index (χ1) is 11.3. The second-order valence-electron chi connectivity index (χ2n) is 7.36. The summed E-state index contributed by atoms with van der Waals surface area (Å²) in [5.74, 6) is -0.466. The number of hydrogen-bond acceptors (Lipinski definition) is 6. The van der Waals surface area contributed by atoms with E-state index >= 15 is 0 Å². The maximum Gasteiger partial charge on any atom is 0.309 e. The highest BCUT2D eigenvalue weighted by atomic mass is 16.7. The van der Waals surface area contributed by atoms with Gasteiger partial charge in [-0.1, -0.05) is 30.3 Å². The van der Waals surface area contributed by atoms with Gasteiger partial charge in [0, 0.05) is 0 Å². The third-order valence-electron chi connectivity index (χ3n) is 3.95. The molecule has 0 radical (unpaired) electrons. The van der Waals surface area contributed by atoms with Crippen LogP contribution in [0.3, 0.4) is 0 Å². The number of esters is 1. The summed E-state index contributed by atoms with van der Waals surface area (Å²) in [6.07, 6.45) is -1.50. The molecule has 6 heteroatoms. The Morgan fingerprint density at radius 1 is 1.33 bits per heavy atom. The molecule has 0 amide bonds. The van der Waals surface area contributed by atoms with Gasteiger partial charge in [-0.3, -0.25) is 4.79 Å². The van der Waals surface area contributed by atoms with Crippen LogP contribution in [0.4, 0.5) is 0 Å². The zero-order valence-electron chi connectivity index (χ0n) is 14.2. The predicted molar refractivity (Wildman–Crippen MR) is 85.0 cm³/mol. The van der Waals surface area contributed by atoms with E-state index in [0.717, 1.165) is 5.56 Å². The number of rotatable bonds is 5. The van der Waals surface area contributed by atoms with Crippen LogP contribution in [0.25, 0.3) is 0 Å². The number of aliphatic hydroxyl groups is 1. The summed E-state index contributed by atoms with van der Waals surface area (Å²) in [5.41, 5.74) is -0.916. The van der Waals surface area contributed by atoms with Crippen molar-refractivity contribution in [1.29, 1.82) is 0 Å². The monoisotopic (exact) mass is 336 g/mol. The minimum Gasteiger partial charge on any atom is -0.460 e. The Morgan fingerprint density at radius 3 is 2.71 bits per heavy atom. The van der Waals surface area contributed by atoms with Gasteiger partial charge in [0.1, 0.15) is 23.4 Å². The van der Waals surface area contributed by atoms with E-state index in [2.05, 4.69) is 0 Å². The number of carbonyl (C=O) groups is 1. The second kappa shape index (κ2) is 6.44. The van der Waals surface area contributed by atoms with E-state index in [1.807, 2.05) is 30.3 Å². The SMILES string of the molecule is CC(C)(C)OC(=O)C[C@]1(O)CO[C@H](OCc2ccccc2)[C@H]2O[C@H]21. The van der Waals surface area contributed by atoms with E-state index in [4.69, 9.17) is 18.9 Å². The van der Waals surface area contributed by atoms with Crippen LogP contribution in [-0.4, -0.2) is 47.4 Å². The summed E-state index contributed by atoms with van der Waals surface area (Å²) in [6.45, 7) is 5.75. The molecular formula is C18H24O6. The van der Waals surface area contributed by atoms with Gasteiger partial charge in [0.2, 0.25) is 0 Å². The van der Waals surface area contributed by atoms with Crippen molar-refractivity contribution in [3.8, 4) is 0 Å². The van der Waals surface area contributed by atoms with Gasteiger partial charge in [0.15, 0.2) is 6.29 Å². The number of carbonyl (C=O) groups excluding carboxylic acids is 1. The zero-order valence-corrected chi connectivity index (χ0v) is 14.2. The summed E-state index contributed by atoms with van der Waals surface area (Å²) in [4.78, 5) is 12.0. The molecule has 0 aromatic heterocycles. The quantitative estimate of drug-likeness (QED) is 0.652. The third kappa shape index (κ3) is 4.13. The summed E-state index contributed by atoms with van der Waals surface area (Å²) in [6, 6.07) is 9.75. The van der Waals surface area contributed by atoms with Crippen LogP contribution < -0.4 is 0 Å². The summed E-state index contributed by atoms with van der Waals surface area (Å²) >= 11 is 0. The normalized spacial score (nSPS) is 32.1. The molecule has 0 bridgehead atoms. The second-order valence-corrected chi connectivity index (χ2v) is 7.36. The zero-order chi connectivity index (χ0) is 17.4. The van der Waals surface area contributed by atoms with Crippen LogP contribution in [0.1, 0.15) is 32.8 Å². The molecule has 2 aliphatic heterocycles. The maximum atomic E-state index is 12.0. The molecule has 0 aliphatic carbocycles. The molecule has 2 heterocycles. The van der Waals surface area contributed by atoms with Gasteiger partial charge in [-0.25, -0.2) is 0 Å². The molecule has 4 atom stereocenters. The maximum absolute atomic E-state index is 12.0. The van der Waals surface area contributed by atoms with Gasteiger partial charge in [-0.05, 0) is 26.3 Å². The van der Waals surface area contributed by atoms with Crippen LogP contribution in [0.2, 0.25) is 0 Å². The highest BCUT2D eigenvalue weighted by molar-refractivity contribution is 5.71. The van der Waals surface area contributed by atoms with Crippen LogP contribution in [0.5, 0.6) is 0 Å². The van der Waals surface area contributed by atoms with Gasteiger partial charge in [0.05, 0.1) is 19.6 Å². The lowest BCUT2D eigenvalue weighted by Crippen LogP contribution is -2.51. The van der Waals surface area contributed by atoms with Crippen molar-refractivity contribution >= 4 is 5.97 Å². The Balaban J connectivity index is 1.51. The molecule has 1 aromatic rings. The molecule has 2 aliphatic rings. The molecule has 6 nitrogen and oxygen atoms in total. The molecule has 2 fully saturated rings. The van der Waals surface area contributed by atoms with Gasteiger partial charge >= 0.3 is 5.97 Å². The first kappa shape index (κ1) is 17.4. The average Bonchev–Trinajstić information content (AvgIpc) is 3.27. The first-order valence-corrected chi connectivity index (χ1v) is 8.14. The van der Waals surface area contributed by atoms with E-state index in [9.17, 15) is 9.90 Å². The Hall–Kier alpha value is -1.47. The van der Waals surface area contributed by atoms with Gasteiger partial charge in [-0.15, -0.1) is 0 Å². The van der Waals surface area contributed by atoms with Crippen molar-refractivity contribution in [2.45, 2.75) is 63.5 Å². The van der Waals surface area contributed by atoms with Crippen LogP contribution >= 0.6 is 0 Å². The van der Waals surface area contributed by atoms with Crippen LogP contribution in [0, 0.1) is 0 Å². The van der Waals surface area contributed by atoms with Crippen molar-refractivity contribution in [3.63, 3.8) is 0 Å². The third-order valence-corrected chi connectivity index (χ3v) is 3.95. The minimum atomic E-state index is -1.36. The molecule has 0 spiro atoms. The first-order valence-electron chi connectivity index (χ1n) is 8.14. The molecule has 3 rings (SSSR count). The number of benzene rings is 1. The fourth-order valence-electron chi connectivity index (χ4n) is 2.84. The Labute approximate surface area is 141 Å².